The molecule has 1 N–H and O–H groups in total. The maximum absolute atomic E-state index is 11.1. The van der Waals surface area contributed by atoms with Crippen molar-refractivity contribution in [3.63, 3.8) is 0 Å². The Morgan fingerprint density at radius 1 is 1.60 bits per heavy atom. The van der Waals surface area contributed by atoms with E-state index in [4.69, 9.17) is 4.74 Å². The fourth-order valence-corrected chi connectivity index (χ4v) is 3.18. The van der Waals surface area contributed by atoms with Gasteiger partial charge in [-0.3, -0.25) is 4.79 Å². The molecule has 0 fully saturated rings. The van der Waals surface area contributed by atoms with Gasteiger partial charge in [0, 0.05) is 18.9 Å². The van der Waals surface area contributed by atoms with Crippen LogP contribution in [-0.2, 0) is 9.53 Å². The van der Waals surface area contributed by atoms with E-state index >= 15 is 0 Å². The van der Waals surface area contributed by atoms with Crippen LogP contribution in [0.15, 0.2) is 11.4 Å². The van der Waals surface area contributed by atoms with Gasteiger partial charge in [-0.05, 0) is 29.9 Å². The molecule has 0 radical (unpaired) electrons. The number of hydrogen-bond acceptors (Lipinski definition) is 3. The quantitative estimate of drug-likeness (QED) is 0.839. The largest absolute Gasteiger partial charge is 0.376 e. The average molecular weight is 225 g/mol. The van der Waals surface area contributed by atoms with Gasteiger partial charge in [-0.2, -0.15) is 0 Å². The van der Waals surface area contributed by atoms with Gasteiger partial charge in [0.2, 0.25) is 5.91 Å². The smallest absolute Gasteiger partial charge is 0.217 e. The molecule has 0 aromatic carbocycles. The third-order valence-corrected chi connectivity index (χ3v) is 3.80. The second kappa shape index (κ2) is 4.33. The summed E-state index contributed by atoms with van der Waals surface area (Å²) < 4.78 is 5.43. The molecular formula is C11H15NO2S. The van der Waals surface area contributed by atoms with Crippen LogP contribution in [0.2, 0.25) is 0 Å². The number of nitrogens with one attached hydrogen (secondary N) is 1. The van der Waals surface area contributed by atoms with Gasteiger partial charge < -0.3 is 10.1 Å². The van der Waals surface area contributed by atoms with E-state index in [1.807, 2.05) is 0 Å². The number of thiophene rings is 1. The number of hydrogen-bond donors (Lipinski definition) is 1. The summed E-state index contributed by atoms with van der Waals surface area (Å²) >= 11 is 1.71. The van der Waals surface area contributed by atoms with E-state index in [-0.39, 0.29) is 18.1 Å². The number of methoxy groups -OCH3 is 1. The minimum atomic E-state index is 0.0352. The third kappa shape index (κ3) is 2.06. The molecule has 2 rings (SSSR count). The highest BCUT2D eigenvalue weighted by Crippen LogP contribution is 2.40. The van der Waals surface area contributed by atoms with Gasteiger partial charge in [0.25, 0.3) is 0 Å². The molecule has 0 aliphatic heterocycles. The van der Waals surface area contributed by atoms with Gasteiger partial charge in [0.15, 0.2) is 0 Å². The first-order valence-corrected chi connectivity index (χ1v) is 5.97. The van der Waals surface area contributed by atoms with Crippen molar-refractivity contribution in [3.05, 3.63) is 21.9 Å². The zero-order valence-corrected chi connectivity index (χ0v) is 9.76. The normalized spacial score (nSPS) is 24.7. The Kier molecular flexibility index (Phi) is 3.07. The van der Waals surface area contributed by atoms with Crippen LogP contribution in [-0.4, -0.2) is 13.0 Å². The van der Waals surface area contributed by atoms with Crippen LogP contribution in [0.25, 0.3) is 0 Å². The molecule has 1 aromatic heterocycles. The van der Waals surface area contributed by atoms with Crippen LogP contribution < -0.4 is 5.32 Å². The number of amides is 1. The maximum Gasteiger partial charge on any atom is 0.217 e. The van der Waals surface area contributed by atoms with Crippen molar-refractivity contribution >= 4 is 17.2 Å². The summed E-state index contributed by atoms with van der Waals surface area (Å²) in [5.74, 6) is 0.0352. The molecule has 0 saturated heterocycles. The van der Waals surface area contributed by atoms with Gasteiger partial charge in [0.05, 0.1) is 12.1 Å². The van der Waals surface area contributed by atoms with Crippen LogP contribution in [0.4, 0.5) is 0 Å². The van der Waals surface area contributed by atoms with Crippen molar-refractivity contribution in [2.45, 2.75) is 31.9 Å². The molecule has 1 aromatic rings. The second-order valence-corrected chi connectivity index (χ2v) is 4.74. The first-order chi connectivity index (χ1) is 7.22. The van der Waals surface area contributed by atoms with Crippen LogP contribution in [0.3, 0.4) is 0 Å². The summed E-state index contributed by atoms with van der Waals surface area (Å²) in [7, 11) is 1.74. The number of rotatable bonds is 2. The van der Waals surface area contributed by atoms with Crippen molar-refractivity contribution in [2.24, 2.45) is 0 Å². The van der Waals surface area contributed by atoms with Gasteiger partial charge in [-0.25, -0.2) is 0 Å². The number of carbonyl (C=O) groups excluding carboxylic acids is 1. The van der Waals surface area contributed by atoms with E-state index in [2.05, 4.69) is 16.8 Å². The molecule has 3 nitrogen and oxygen atoms in total. The Morgan fingerprint density at radius 2 is 2.40 bits per heavy atom. The van der Waals surface area contributed by atoms with Gasteiger partial charge in [0.1, 0.15) is 0 Å². The van der Waals surface area contributed by atoms with Crippen LogP contribution in [0.5, 0.6) is 0 Å². The molecule has 0 spiro atoms. The summed E-state index contributed by atoms with van der Waals surface area (Å²) in [6.45, 7) is 1.56. The first-order valence-electron chi connectivity index (χ1n) is 5.09. The van der Waals surface area contributed by atoms with Crippen LogP contribution in [0.1, 0.15) is 42.4 Å². The molecule has 1 aliphatic rings. The van der Waals surface area contributed by atoms with Crippen molar-refractivity contribution in [2.75, 3.05) is 7.11 Å². The van der Waals surface area contributed by atoms with Crippen LogP contribution >= 0.6 is 11.3 Å². The average Bonchev–Trinajstić information content (AvgIpc) is 2.66. The number of ether oxygens (including phenoxy) is 1. The van der Waals surface area contributed by atoms with Gasteiger partial charge >= 0.3 is 0 Å². The van der Waals surface area contributed by atoms with E-state index in [1.165, 1.54) is 10.4 Å². The minimum absolute atomic E-state index is 0.0352. The summed E-state index contributed by atoms with van der Waals surface area (Å²) in [4.78, 5) is 12.3. The summed E-state index contributed by atoms with van der Waals surface area (Å²) in [6.07, 6.45) is 2.15. The van der Waals surface area contributed by atoms with E-state index in [9.17, 15) is 4.79 Å². The maximum atomic E-state index is 11.1. The third-order valence-electron chi connectivity index (χ3n) is 2.77. The molecule has 0 bridgehead atoms. The zero-order valence-electron chi connectivity index (χ0n) is 8.95. The molecule has 4 heteroatoms. The summed E-state index contributed by atoms with van der Waals surface area (Å²) in [5.41, 5.74) is 1.23. The lowest BCUT2D eigenvalue weighted by atomic mass is 9.92. The molecule has 2 atom stereocenters. The number of fused-ring (bicyclic) bond motifs is 1. The molecule has 15 heavy (non-hydrogen) atoms. The molecule has 1 heterocycles. The topological polar surface area (TPSA) is 38.3 Å². The van der Waals surface area contributed by atoms with Crippen molar-refractivity contribution < 1.29 is 9.53 Å². The molecule has 1 amide bonds. The Morgan fingerprint density at radius 3 is 3.07 bits per heavy atom. The Balaban J connectivity index is 2.23. The van der Waals surface area contributed by atoms with E-state index in [0.29, 0.717) is 0 Å². The van der Waals surface area contributed by atoms with Crippen LogP contribution in [0, 0.1) is 0 Å². The molecule has 82 valence electrons. The monoisotopic (exact) mass is 225 g/mol. The summed E-state index contributed by atoms with van der Waals surface area (Å²) in [5, 5.41) is 5.05. The highest BCUT2D eigenvalue weighted by molar-refractivity contribution is 7.10. The molecule has 0 saturated carbocycles. The van der Waals surface area contributed by atoms with Gasteiger partial charge in [-0.15, -0.1) is 11.3 Å². The fourth-order valence-electron chi connectivity index (χ4n) is 2.11. The zero-order chi connectivity index (χ0) is 10.8. The number of carbonyl (C=O) groups is 1. The van der Waals surface area contributed by atoms with E-state index in [1.54, 1.807) is 25.4 Å². The standard InChI is InChI=1S/C11H15NO2S/c1-7(13)12-9-3-4-10(14-2)11-8(9)5-6-15-11/h5-6,9-10H,3-4H2,1-2H3,(H,12,13). The Labute approximate surface area is 93.4 Å². The lowest BCUT2D eigenvalue weighted by Crippen LogP contribution is -2.29. The van der Waals surface area contributed by atoms with E-state index < -0.39 is 0 Å². The fraction of sp³-hybridized carbons (Fsp3) is 0.545. The molecule has 2 unspecified atom stereocenters. The minimum Gasteiger partial charge on any atom is -0.376 e. The van der Waals surface area contributed by atoms with Crippen molar-refractivity contribution in [1.29, 1.82) is 0 Å². The SMILES string of the molecule is COC1CCC(NC(C)=O)c2ccsc21. The predicted molar refractivity (Wildman–Crippen MR) is 59.9 cm³/mol. The van der Waals surface area contributed by atoms with E-state index in [0.717, 1.165) is 12.8 Å². The first kappa shape index (κ1) is 10.6. The predicted octanol–water partition coefficient (Wildman–Crippen LogP) is 2.41. The lowest BCUT2D eigenvalue weighted by molar-refractivity contribution is -0.119. The van der Waals surface area contributed by atoms with Crippen molar-refractivity contribution in [3.8, 4) is 0 Å². The van der Waals surface area contributed by atoms with Crippen molar-refractivity contribution in [1.82, 2.24) is 5.32 Å². The summed E-state index contributed by atoms with van der Waals surface area (Å²) in [6, 6.07) is 2.27. The molecule has 1 aliphatic carbocycles. The Bertz CT molecular complexity index is 361. The van der Waals surface area contributed by atoms with Gasteiger partial charge in [-0.1, -0.05) is 0 Å². The highest BCUT2D eigenvalue weighted by Gasteiger charge is 2.28. The lowest BCUT2D eigenvalue weighted by Gasteiger charge is -2.28. The highest BCUT2D eigenvalue weighted by atomic mass is 32.1. The Hall–Kier alpha value is -0.870. The second-order valence-electron chi connectivity index (χ2n) is 3.79. The molecular weight excluding hydrogens is 210 g/mol.